The zero-order chi connectivity index (χ0) is 23.4. The Morgan fingerprint density at radius 2 is 1.69 bits per heavy atom. The van der Waals surface area contributed by atoms with Crippen molar-refractivity contribution in [3.8, 4) is 11.5 Å². The first kappa shape index (κ1) is 24.8. The van der Waals surface area contributed by atoms with Crippen LogP contribution in [0.2, 0.25) is 0 Å². The van der Waals surface area contributed by atoms with Crippen LogP contribution < -0.4 is 9.47 Å². The summed E-state index contributed by atoms with van der Waals surface area (Å²) in [4.78, 5) is 0. The third-order valence-electron chi connectivity index (χ3n) is 5.40. The van der Waals surface area contributed by atoms with Crippen molar-refractivity contribution >= 4 is 0 Å². The van der Waals surface area contributed by atoms with Crippen molar-refractivity contribution in [3.63, 3.8) is 0 Å². The molecule has 0 aliphatic carbocycles. The second kappa shape index (κ2) is 10.9. The van der Waals surface area contributed by atoms with Gasteiger partial charge < -0.3 is 54.3 Å². The molecule has 32 heavy (non-hydrogen) atoms. The van der Waals surface area contributed by atoms with Gasteiger partial charge in [-0.3, -0.25) is 0 Å². The van der Waals surface area contributed by atoms with Crippen molar-refractivity contribution in [2.24, 2.45) is 0 Å². The van der Waals surface area contributed by atoms with E-state index in [-0.39, 0.29) is 19.0 Å². The fourth-order valence-corrected chi connectivity index (χ4v) is 3.50. The van der Waals surface area contributed by atoms with Crippen molar-refractivity contribution in [1.82, 2.24) is 0 Å². The van der Waals surface area contributed by atoms with Crippen LogP contribution in [0.1, 0.15) is 5.56 Å². The van der Waals surface area contributed by atoms with Gasteiger partial charge in [-0.25, -0.2) is 0 Å². The number of hydrogen-bond acceptors (Lipinski definition) is 11. The van der Waals surface area contributed by atoms with Crippen molar-refractivity contribution in [3.05, 3.63) is 36.4 Å². The molecule has 0 bridgehead atoms. The summed E-state index contributed by atoms with van der Waals surface area (Å²) in [5, 5.41) is 60.1. The predicted octanol–water partition coefficient (Wildman–Crippen LogP) is -1.93. The molecule has 0 spiro atoms. The molecule has 0 aromatic heterocycles. The zero-order valence-electron chi connectivity index (χ0n) is 17.6. The molecule has 2 saturated heterocycles. The van der Waals surface area contributed by atoms with Crippen LogP contribution in [0.25, 0.3) is 0 Å². The van der Waals surface area contributed by atoms with Crippen LogP contribution in [0.5, 0.6) is 11.5 Å². The quantitative estimate of drug-likeness (QED) is 0.240. The highest BCUT2D eigenvalue weighted by Gasteiger charge is 2.46. The lowest BCUT2D eigenvalue weighted by molar-refractivity contribution is -0.307. The largest absolute Gasteiger partial charge is 0.493 e. The maximum absolute atomic E-state index is 10.3. The van der Waals surface area contributed by atoms with Crippen LogP contribution in [-0.2, 0) is 20.6 Å². The molecule has 180 valence electrons. The van der Waals surface area contributed by atoms with Crippen LogP contribution in [-0.4, -0.2) is 106 Å². The van der Waals surface area contributed by atoms with Crippen molar-refractivity contribution in [2.45, 2.75) is 61.7 Å². The molecule has 1 aromatic carbocycles. The van der Waals surface area contributed by atoms with Crippen molar-refractivity contribution in [1.29, 1.82) is 0 Å². The van der Waals surface area contributed by atoms with Crippen LogP contribution in [0.3, 0.4) is 0 Å². The molecule has 0 radical (unpaired) electrons. The van der Waals surface area contributed by atoms with Gasteiger partial charge in [0.25, 0.3) is 0 Å². The minimum absolute atomic E-state index is 0.246. The number of hydrogen-bond donors (Lipinski definition) is 6. The molecular formula is C21H30O11. The van der Waals surface area contributed by atoms with E-state index in [1.54, 1.807) is 24.3 Å². The van der Waals surface area contributed by atoms with Crippen molar-refractivity contribution < 1.29 is 54.3 Å². The highest BCUT2D eigenvalue weighted by atomic mass is 16.7. The van der Waals surface area contributed by atoms with Gasteiger partial charge in [0.2, 0.25) is 6.29 Å². The number of benzene rings is 1. The number of ether oxygens (including phenoxy) is 5. The second-order valence-electron chi connectivity index (χ2n) is 7.69. The van der Waals surface area contributed by atoms with Gasteiger partial charge in [-0.15, -0.1) is 6.58 Å². The van der Waals surface area contributed by atoms with Gasteiger partial charge in [-0.1, -0.05) is 12.1 Å². The summed E-state index contributed by atoms with van der Waals surface area (Å²) < 4.78 is 27.2. The highest BCUT2D eigenvalue weighted by molar-refractivity contribution is 5.43. The molecule has 11 heteroatoms. The van der Waals surface area contributed by atoms with Gasteiger partial charge in [0.15, 0.2) is 17.8 Å². The Bertz CT molecular complexity index is 759. The van der Waals surface area contributed by atoms with Crippen LogP contribution in [0.4, 0.5) is 0 Å². The fraction of sp³-hybridized carbons (Fsp3) is 0.619. The topological polar surface area (TPSA) is 168 Å². The molecule has 6 N–H and O–H groups in total. The summed E-state index contributed by atoms with van der Waals surface area (Å²) in [7, 11) is 1.45. The fourth-order valence-electron chi connectivity index (χ4n) is 3.50. The molecule has 2 heterocycles. The van der Waals surface area contributed by atoms with Crippen LogP contribution in [0, 0.1) is 0 Å². The molecule has 9 atom stereocenters. The Balaban J connectivity index is 1.67. The third kappa shape index (κ3) is 5.39. The lowest BCUT2D eigenvalue weighted by Gasteiger charge is -2.41. The molecule has 0 unspecified atom stereocenters. The van der Waals surface area contributed by atoms with Gasteiger partial charge in [-0.05, 0) is 24.1 Å². The normalized spacial score (nSPS) is 37.7. The number of aliphatic hydroxyl groups is 6. The molecule has 2 aliphatic heterocycles. The average Bonchev–Trinajstić information content (AvgIpc) is 2.79. The maximum atomic E-state index is 10.3. The number of aliphatic hydroxyl groups excluding tert-OH is 6. The van der Waals surface area contributed by atoms with E-state index in [9.17, 15) is 30.6 Å². The molecular weight excluding hydrogens is 428 g/mol. The summed E-state index contributed by atoms with van der Waals surface area (Å²) in [6.07, 6.45) is -10.4. The molecule has 3 rings (SSSR count). The van der Waals surface area contributed by atoms with E-state index < -0.39 is 55.3 Å². The predicted molar refractivity (Wildman–Crippen MR) is 108 cm³/mol. The number of rotatable bonds is 8. The Labute approximate surface area is 185 Å². The molecule has 0 amide bonds. The summed E-state index contributed by atoms with van der Waals surface area (Å²) in [5.41, 5.74) is 0.925. The van der Waals surface area contributed by atoms with Gasteiger partial charge in [-0.2, -0.15) is 0 Å². The summed E-state index contributed by atoms with van der Waals surface area (Å²) >= 11 is 0. The Hall–Kier alpha value is -1.80. The molecule has 2 fully saturated rings. The summed E-state index contributed by atoms with van der Waals surface area (Å²) in [6, 6.07) is 5.14. The van der Waals surface area contributed by atoms with E-state index in [4.69, 9.17) is 23.7 Å². The van der Waals surface area contributed by atoms with E-state index in [1.807, 2.05) is 0 Å². The van der Waals surface area contributed by atoms with Crippen molar-refractivity contribution in [2.75, 3.05) is 20.3 Å². The minimum atomic E-state index is -1.61. The van der Waals surface area contributed by atoms with Crippen LogP contribution >= 0.6 is 0 Å². The Morgan fingerprint density at radius 3 is 2.38 bits per heavy atom. The third-order valence-corrected chi connectivity index (χ3v) is 5.40. The van der Waals surface area contributed by atoms with E-state index in [0.29, 0.717) is 12.2 Å². The molecule has 2 aliphatic rings. The maximum Gasteiger partial charge on any atom is 0.229 e. The molecule has 0 saturated carbocycles. The van der Waals surface area contributed by atoms with E-state index in [2.05, 4.69) is 6.58 Å². The second-order valence-corrected chi connectivity index (χ2v) is 7.69. The first-order valence-corrected chi connectivity index (χ1v) is 10.2. The standard InChI is InChI=1S/C21H30O11/c1-3-4-10-5-6-12(13(7-10)28-2)31-21-19(27)17(25)16(24)14(32-21)9-30-20-18(26)15(23)11(22)8-29-20/h3,5-7,11,14-27H,1,4,8-9H2,2H3/t11-,14-,15-,16-,17+,18-,19-,20+,21-/m1/s1. The Kier molecular flexibility index (Phi) is 8.44. The van der Waals surface area contributed by atoms with Gasteiger partial charge in [0.1, 0.15) is 42.7 Å². The number of allylic oxidation sites excluding steroid dienone is 1. The SMILES string of the molecule is C=CCc1ccc(O[C@@H]2O[C@H](CO[C@@H]3OC[C@@H](O)[C@@H](O)[C@H]3O)[C@@H](O)[C@H](O)[C@H]2O)c(OC)c1. The molecule has 1 aromatic rings. The minimum Gasteiger partial charge on any atom is -0.493 e. The highest BCUT2D eigenvalue weighted by Crippen LogP contribution is 2.32. The van der Waals surface area contributed by atoms with Gasteiger partial charge in [0.05, 0.1) is 20.3 Å². The summed E-state index contributed by atoms with van der Waals surface area (Å²) in [5.74, 6) is 0.621. The average molecular weight is 458 g/mol. The lowest BCUT2D eigenvalue weighted by atomic mass is 9.99. The molecule has 11 nitrogen and oxygen atoms in total. The van der Waals surface area contributed by atoms with E-state index in [0.717, 1.165) is 5.56 Å². The number of methoxy groups -OCH3 is 1. The van der Waals surface area contributed by atoms with Gasteiger partial charge >= 0.3 is 0 Å². The van der Waals surface area contributed by atoms with Gasteiger partial charge in [0, 0.05) is 0 Å². The monoisotopic (exact) mass is 458 g/mol. The van der Waals surface area contributed by atoms with E-state index in [1.165, 1.54) is 7.11 Å². The first-order chi connectivity index (χ1) is 15.3. The Morgan fingerprint density at radius 1 is 0.969 bits per heavy atom. The zero-order valence-corrected chi connectivity index (χ0v) is 17.6. The first-order valence-electron chi connectivity index (χ1n) is 10.2. The summed E-state index contributed by atoms with van der Waals surface area (Å²) in [6.45, 7) is 3.06. The van der Waals surface area contributed by atoms with E-state index >= 15 is 0 Å². The van der Waals surface area contributed by atoms with Crippen LogP contribution in [0.15, 0.2) is 30.9 Å². The lowest BCUT2D eigenvalue weighted by Crippen LogP contribution is -2.61. The smallest absolute Gasteiger partial charge is 0.229 e.